The molecule has 0 radical (unpaired) electrons. The minimum atomic E-state index is -0.0295. The average molecular weight is 344 g/mol. The van der Waals surface area contributed by atoms with Gasteiger partial charge in [-0.1, -0.05) is 0 Å². The van der Waals surface area contributed by atoms with E-state index in [0.717, 1.165) is 25.2 Å². The molecule has 2 aromatic rings. The second-order valence-corrected chi connectivity index (χ2v) is 7.76. The number of hydrogen-bond donors (Lipinski definition) is 1. The Hall–Kier alpha value is -2.09. The van der Waals surface area contributed by atoms with Gasteiger partial charge in [-0.15, -0.1) is 11.3 Å². The number of amides is 2. The first kappa shape index (κ1) is 14.3. The number of fused-ring (bicyclic) bond motifs is 1. The Morgan fingerprint density at radius 1 is 1.25 bits per heavy atom. The van der Waals surface area contributed by atoms with Crippen LogP contribution in [0.1, 0.15) is 29.5 Å². The molecule has 8 heteroatoms. The Morgan fingerprint density at radius 2 is 2.12 bits per heavy atom. The van der Waals surface area contributed by atoms with Crippen molar-refractivity contribution in [3.8, 4) is 0 Å². The first-order chi connectivity index (χ1) is 11.8. The number of aryl methyl sites for hydroxylation is 2. The maximum atomic E-state index is 11.7. The molecule has 0 bridgehead atoms. The van der Waals surface area contributed by atoms with Crippen molar-refractivity contribution in [3.63, 3.8) is 0 Å². The van der Waals surface area contributed by atoms with Crippen LogP contribution in [0.2, 0.25) is 0 Å². The molecule has 2 saturated heterocycles. The van der Waals surface area contributed by atoms with Gasteiger partial charge in [0.25, 0.3) is 0 Å². The molecular weight excluding hydrogens is 324 g/mol. The summed E-state index contributed by atoms with van der Waals surface area (Å²) in [6, 6.07) is 0.337. The Balaban J connectivity index is 1.26. The summed E-state index contributed by atoms with van der Waals surface area (Å²) in [6.07, 6.45) is 8.69. The van der Waals surface area contributed by atoms with Crippen molar-refractivity contribution in [1.29, 1.82) is 0 Å². The predicted molar refractivity (Wildman–Crippen MR) is 93.0 cm³/mol. The van der Waals surface area contributed by atoms with Gasteiger partial charge < -0.3 is 10.2 Å². The highest BCUT2D eigenvalue weighted by Gasteiger charge is 2.32. The summed E-state index contributed by atoms with van der Waals surface area (Å²) >= 11 is 1.87. The van der Waals surface area contributed by atoms with Crippen molar-refractivity contribution in [2.24, 2.45) is 0 Å². The summed E-state index contributed by atoms with van der Waals surface area (Å²) in [5.41, 5.74) is 2.21. The van der Waals surface area contributed by atoms with Gasteiger partial charge in [-0.25, -0.2) is 9.78 Å². The molecule has 2 aromatic heterocycles. The van der Waals surface area contributed by atoms with E-state index in [1.165, 1.54) is 35.0 Å². The van der Waals surface area contributed by atoms with Crippen LogP contribution < -0.4 is 15.1 Å². The van der Waals surface area contributed by atoms with Crippen molar-refractivity contribution in [3.05, 3.63) is 23.0 Å². The number of nitrogens with zero attached hydrogens (tertiary/aromatic N) is 5. The standard InChI is InChI=1S/C16H20N6OS/c23-15-17-5-6-21(15)11-7-18-22(10-11)12-8-20(9-12)16-19-13-3-1-2-4-14(13)24-16/h7,10,12H,1-6,8-9H2,(H,17,23). The number of carbonyl (C=O) groups is 1. The van der Waals surface area contributed by atoms with Gasteiger partial charge in [-0.05, 0) is 25.7 Å². The highest BCUT2D eigenvalue weighted by atomic mass is 32.1. The summed E-state index contributed by atoms with van der Waals surface area (Å²) in [5.74, 6) is 0. The lowest BCUT2D eigenvalue weighted by Gasteiger charge is -2.39. The molecular formula is C16H20N6OS. The van der Waals surface area contributed by atoms with Crippen molar-refractivity contribution >= 4 is 28.2 Å². The van der Waals surface area contributed by atoms with Crippen LogP contribution in [0.4, 0.5) is 15.6 Å². The maximum absolute atomic E-state index is 11.7. The SMILES string of the molecule is O=C1NCCN1c1cnn(C2CN(c3nc4c(s3)CCCC4)C2)c1. The van der Waals surface area contributed by atoms with Gasteiger partial charge in [-0.2, -0.15) is 5.10 Å². The lowest BCUT2D eigenvalue weighted by Crippen LogP contribution is -2.48. The van der Waals surface area contributed by atoms with Gasteiger partial charge in [-0.3, -0.25) is 9.58 Å². The number of hydrogen-bond acceptors (Lipinski definition) is 5. The zero-order valence-electron chi connectivity index (χ0n) is 13.4. The van der Waals surface area contributed by atoms with E-state index in [0.29, 0.717) is 19.1 Å². The minimum absolute atomic E-state index is 0.0295. The molecule has 24 heavy (non-hydrogen) atoms. The summed E-state index contributed by atoms with van der Waals surface area (Å²) in [7, 11) is 0. The van der Waals surface area contributed by atoms with Crippen molar-refractivity contribution in [2.45, 2.75) is 31.7 Å². The molecule has 2 aliphatic heterocycles. The Labute approximate surface area is 144 Å². The molecule has 0 atom stereocenters. The number of urea groups is 1. The molecule has 126 valence electrons. The number of anilines is 2. The van der Waals surface area contributed by atoms with E-state index in [9.17, 15) is 4.79 Å². The van der Waals surface area contributed by atoms with Gasteiger partial charge in [0.2, 0.25) is 0 Å². The van der Waals surface area contributed by atoms with Crippen molar-refractivity contribution in [1.82, 2.24) is 20.1 Å². The monoisotopic (exact) mass is 344 g/mol. The highest BCUT2D eigenvalue weighted by molar-refractivity contribution is 7.15. The van der Waals surface area contributed by atoms with Gasteiger partial charge in [0.1, 0.15) is 0 Å². The Kier molecular flexibility index (Phi) is 3.26. The molecule has 2 fully saturated rings. The zero-order valence-corrected chi connectivity index (χ0v) is 14.3. The fourth-order valence-corrected chi connectivity index (χ4v) is 4.80. The fourth-order valence-electron chi connectivity index (χ4n) is 3.64. The number of nitrogens with one attached hydrogen (secondary N) is 1. The van der Waals surface area contributed by atoms with Crippen LogP contribution in [0.3, 0.4) is 0 Å². The van der Waals surface area contributed by atoms with Crippen LogP contribution in [0.25, 0.3) is 0 Å². The van der Waals surface area contributed by atoms with Gasteiger partial charge in [0.05, 0.1) is 23.6 Å². The molecule has 2 amide bonds. The lowest BCUT2D eigenvalue weighted by atomic mass is 10.0. The largest absolute Gasteiger partial charge is 0.344 e. The normalized spacial score (nSPS) is 20.9. The molecule has 0 unspecified atom stereocenters. The number of rotatable bonds is 3. The predicted octanol–water partition coefficient (Wildman–Crippen LogP) is 1.81. The van der Waals surface area contributed by atoms with Crippen LogP contribution >= 0.6 is 11.3 Å². The molecule has 0 aromatic carbocycles. The second-order valence-electron chi connectivity index (χ2n) is 6.69. The third-order valence-corrected chi connectivity index (χ3v) is 6.32. The Bertz CT molecular complexity index is 754. The fraction of sp³-hybridized carbons (Fsp3) is 0.562. The van der Waals surface area contributed by atoms with E-state index >= 15 is 0 Å². The quantitative estimate of drug-likeness (QED) is 0.922. The highest BCUT2D eigenvalue weighted by Crippen LogP contribution is 2.36. The number of carbonyl (C=O) groups excluding carboxylic acids is 1. The molecule has 5 rings (SSSR count). The van der Waals surface area contributed by atoms with Gasteiger partial charge >= 0.3 is 6.03 Å². The van der Waals surface area contributed by atoms with E-state index in [1.54, 1.807) is 11.1 Å². The maximum Gasteiger partial charge on any atom is 0.322 e. The van der Waals surface area contributed by atoms with E-state index in [2.05, 4.69) is 15.3 Å². The first-order valence-corrected chi connectivity index (χ1v) is 9.42. The Morgan fingerprint density at radius 3 is 2.92 bits per heavy atom. The third kappa shape index (κ3) is 2.28. The molecule has 4 heterocycles. The molecule has 0 saturated carbocycles. The van der Waals surface area contributed by atoms with Crippen LogP contribution in [-0.4, -0.2) is 47.0 Å². The third-order valence-electron chi connectivity index (χ3n) is 5.10. The second kappa shape index (κ2) is 5.47. The van der Waals surface area contributed by atoms with Gasteiger partial charge in [0.15, 0.2) is 5.13 Å². The summed E-state index contributed by atoms with van der Waals surface area (Å²) < 4.78 is 1.99. The smallest absolute Gasteiger partial charge is 0.322 e. The summed E-state index contributed by atoms with van der Waals surface area (Å²) in [6.45, 7) is 3.31. The van der Waals surface area contributed by atoms with Crippen LogP contribution in [0.15, 0.2) is 12.4 Å². The summed E-state index contributed by atoms with van der Waals surface area (Å²) in [4.78, 5) is 22.1. The summed E-state index contributed by atoms with van der Waals surface area (Å²) in [5, 5.41) is 8.45. The van der Waals surface area contributed by atoms with E-state index in [1.807, 2.05) is 22.2 Å². The van der Waals surface area contributed by atoms with Crippen LogP contribution in [-0.2, 0) is 12.8 Å². The van der Waals surface area contributed by atoms with E-state index < -0.39 is 0 Å². The van der Waals surface area contributed by atoms with Gasteiger partial charge in [0, 0.05) is 37.3 Å². The minimum Gasteiger partial charge on any atom is -0.344 e. The van der Waals surface area contributed by atoms with E-state index in [-0.39, 0.29) is 6.03 Å². The van der Waals surface area contributed by atoms with E-state index in [4.69, 9.17) is 4.98 Å². The first-order valence-electron chi connectivity index (χ1n) is 8.61. The van der Waals surface area contributed by atoms with Crippen LogP contribution in [0.5, 0.6) is 0 Å². The molecule has 1 aliphatic carbocycles. The number of thiazole rings is 1. The molecule has 0 spiro atoms. The lowest BCUT2D eigenvalue weighted by molar-refractivity contribution is 0.252. The molecule has 7 nitrogen and oxygen atoms in total. The topological polar surface area (TPSA) is 66.3 Å². The van der Waals surface area contributed by atoms with Crippen molar-refractivity contribution < 1.29 is 4.79 Å². The molecule has 3 aliphatic rings. The van der Waals surface area contributed by atoms with Crippen LogP contribution in [0, 0.1) is 0 Å². The zero-order chi connectivity index (χ0) is 16.1. The number of aromatic nitrogens is 3. The average Bonchev–Trinajstić information content (AvgIpc) is 3.24. The molecule has 1 N–H and O–H groups in total. The van der Waals surface area contributed by atoms with Crippen molar-refractivity contribution in [2.75, 3.05) is 36.0 Å².